The monoisotopic (exact) mass is 471 g/mol. The molecule has 148 valence electrons. The van der Waals surface area contributed by atoms with E-state index in [9.17, 15) is 8.78 Å². The third-order valence-corrected chi connectivity index (χ3v) is 4.93. The molecular weight excluding hydrogens is 456 g/mol. The highest BCUT2D eigenvalue weighted by molar-refractivity contribution is 9.10. The fraction of sp³-hybridized carbons (Fsp3) is 0.278. The first-order valence-electron chi connectivity index (χ1n) is 8.29. The molecule has 0 fully saturated rings. The number of aryl methyl sites for hydroxylation is 1. The van der Waals surface area contributed by atoms with Crippen LogP contribution in [0.15, 0.2) is 41.1 Å². The van der Waals surface area contributed by atoms with Crippen molar-refractivity contribution in [3.63, 3.8) is 0 Å². The second kappa shape index (κ2) is 8.83. The van der Waals surface area contributed by atoms with Gasteiger partial charge in [0.25, 0.3) is 6.43 Å². The summed E-state index contributed by atoms with van der Waals surface area (Å²) in [5.41, 5.74) is 1.44. The van der Waals surface area contributed by atoms with Gasteiger partial charge in [-0.2, -0.15) is 0 Å². The van der Waals surface area contributed by atoms with Crippen LogP contribution in [0.3, 0.4) is 0 Å². The van der Waals surface area contributed by atoms with Crippen LogP contribution in [0.5, 0.6) is 5.88 Å². The number of anilines is 1. The molecule has 2 heterocycles. The molecule has 3 rings (SSSR count). The van der Waals surface area contributed by atoms with Gasteiger partial charge in [0.2, 0.25) is 5.88 Å². The SMILES string of the molecule is CN(CCOc1cc(-c2ccc(Br)cc2)n(C)n1)c1ncnc(C(F)F)c1Cl. The van der Waals surface area contributed by atoms with E-state index in [1.165, 1.54) is 0 Å². The summed E-state index contributed by atoms with van der Waals surface area (Å²) in [5, 5.41) is 4.19. The summed E-state index contributed by atoms with van der Waals surface area (Å²) in [4.78, 5) is 9.14. The number of hydrogen-bond donors (Lipinski definition) is 0. The van der Waals surface area contributed by atoms with Gasteiger partial charge in [-0.15, -0.1) is 5.10 Å². The molecule has 3 aromatic rings. The molecule has 0 aliphatic rings. The van der Waals surface area contributed by atoms with E-state index in [-0.39, 0.29) is 17.4 Å². The molecule has 0 radical (unpaired) electrons. The first-order chi connectivity index (χ1) is 13.4. The second-order valence-electron chi connectivity index (χ2n) is 5.97. The summed E-state index contributed by atoms with van der Waals surface area (Å²) >= 11 is 9.41. The third-order valence-electron chi connectivity index (χ3n) is 4.04. The number of hydrogen-bond acceptors (Lipinski definition) is 5. The van der Waals surface area contributed by atoms with E-state index in [1.807, 2.05) is 37.4 Å². The van der Waals surface area contributed by atoms with Crippen molar-refractivity contribution in [2.45, 2.75) is 6.43 Å². The second-order valence-corrected chi connectivity index (χ2v) is 7.26. The average Bonchev–Trinajstić information content (AvgIpc) is 3.02. The molecule has 0 saturated heterocycles. The van der Waals surface area contributed by atoms with Gasteiger partial charge in [0.1, 0.15) is 23.7 Å². The van der Waals surface area contributed by atoms with Crippen LogP contribution < -0.4 is 9.64 Å². The zero-order valence-electron chi connectivity index (χ0n) is 15.1. The molecule has 0 atom stereocenters. The average molecular weight is 473 g/mol. The first-order valence-corrected chi connectivity index (χ1v) is 9.46. The van der Waals surface area contributed by atoms with Gasteiger partial charge in [0, 0.05) is 24.6 Å². The minimum Gasteiger partial charge on any atom is -0.475 e. The standard InChI is InChI=1S/C18H17BrClF2N5O/c1-26(18-15(20)16(17(21)22)23-10-24-18)7-8-28-14-9-13(27(2)25-14)11-3-5-12(19)6-4-11/h3-6,9-10,17H,7-8H2,1-2H3. The van der Waals surface area contributed by atoms with E-state index in [2.05, 4.69) is 31.0 Å². The lowest BCUT2D eigenvalue weighted by atomic mass is 10.1. The Labute approximate surface area is 174 Å². The Morgan fingerprint density at radius 1 is 1.25 bits per heavy atom. The predicted molar refractivity (Wildman–Crippen MR) is 107 cm³/mol. The maximum Gasteiger partial charge on any atom is 0.282 e. The molecule has 0 aliphatic carbocycles. The van der Waals surface area contributed by atoms with Gasteiger partial charge in [0.15, 0.2) is 5.82 Å². The number of ether oxygens (including phenoxy) is 1. The highest BCUT2D eigenvalue weighted by Gasteiger charge is 2.19. The van der Waals surface area contributed by atoms with E-state index in [1.54, 1.807) is 16.6 Å². The molecule has 0 bridgehead atoms. The van der Waals surface area contributed by atoms with Crippen molar-refractivity contribution in [1.29, 1.82) is 0 Å². The highest BCUT2D eigenvalue weighted by Crippen LogP contribution is 2.31. The zero-order chi connectivity index (χ0) is 20.3. The smallest absolute Gasteiger partial charge is 0.282 e. The van der Waals surface area contributed by atoms with Crippen molar-refractivity contribution >= 4 is 33.3 Å². The predicted octanol–water partition coefficient (Wildman–Crippen LogP) is 4.75. The summed E-state index contributed by atoms with van der Waals surface area (Å²) in [5.74, 6) is 0.697. The van der Waals surface area contributed by atoms with Crippen LogP contribution in [0.25, 0.3) is 11.3 Å². The van der Waals surface area contributed by atoms with Gasteiger partial charge in [-0.3, -0.25) is 4.68 Å². The lowest BCUT2D eigenvalue weighted by molar-refractivity contribution is 0.146. The highest BCUT2D eigenvalue weighted by atomic mass is 79.9. The zero-order valence-corrected chi connectivity index (χ0v) is 17.5. The third kappa shape index (κ3) is 4.59. The van der Waals surface area contributed by atoms with Crippen molar-refractivity contribution in [2.24, 2.45) is 7.05 Å². The van der Waals surface area contributed by atoms with Crippen LogP contribution in [-0.4, -0.2) is 39.9 Å². The number of nitrogens with zero attached hydrogens (tertiary/aromatic N) is 5. The molecule has 0 unspecified atom stereocenters. The molecule has 0 amide bonds. The van der Waals surface area contributed by atoms with Crippen molar-refractivity contribution in [3.05, 3.63) is 51.8 Å². The Balaban J connectivity index is 1.63. The van der Waals surface area contributed by atoms with Gasteiger partial charge in [-0.05, 0) is 17.7 Å². The van der Waals surface area contributed by atoms with Gasteiger partial charge >= 0.3 is 0 Å². The van der Waals surface area contributed by atoms with Gasteiger partial charge in [-0.1, -0.05) is 39.7 Å². The van der Waals surface area contributed by atoms with Gasteiger partial charge in [0.05, 0.1) is 12.2 Å². The molecule has 0 spiro atoms. The Kier molecular flexibility index (Phi) is 6.46. The van der Waals surface area contributed by atoms with Crippen LogP contribution in [0.2, 0.25) is 5.02 Å². The van der Waals surface area contributed by atoms with Crippen molar-refractivity contribution in [3.8, 4) is 17.1 Å². The Hall–Kier alpha value is -2.26. The minimum absolute atomic E-state index is 0.157. The van der Waals surface area contributed by atoms with Crippen molar-refractivity contribution < 1.29 is 13.5 Å². The van der Waals surface area contributed by atoms with E-state index in [0.29, 0.717) is 12.4 Å². The molecular formula is C18H17BrClF2N5O. The number of halogens is 4. The summed E-state index contributed by atoms with van der Waals surface area (Å²) in [6, 6.07) is 9.72. The number of alkyl halides is 2. The quantitative estimate of drug-likeness (QED) is 0.497. The molecule has 1 aromatic carbocycles. The maximum atomic E-state index is 12.9. The number of likely N-dealkylation sites (N-methyl/N-ethyl adjacent to an activating group) is 1. The minimum atomic E-state index is -2.76. The summed E-state index contributed by atoms with van der Waals surface area (Å²) < 4.78 is 34.3. The van der Waals surface area contributed by atoms with Crippen LogP contribution in [0.4, 0.5) is 14.6 Å². The molecule has 28 heavy (non-hydrogen) atoms. The van der Waals surface area contributed by atoms with Crippen LogP contribution >= 0.6 is 27.5 Å². The molecule has 0 aliphatic heterocycles. The Bertz CT molecular complexity index is 952. The summed E-state index contributed by atoms with van der Waals surface area (Å²) in [6.07, 6.45) is -1.69. The fourth-order valence-corrected chi connectivity index (χ4v) is 3.18. The van der Waals surface area contributed by atoms with Crippen LogP contribution in [0, 0.1) is 0 Å². The maximum absolute atomic E-state index is 12.9. The molecule has 10 heteroatoms. The molecule has 6 nitrogen and oxygen atoms in total. The van der Waals surface area contributed by atoms with Gasteiger partial charge in [-0.25, -0.2) is 18.7 Å². The van der Waals surface area contributed by atoms with Crippen molar-refractivity contribution in [2.75, 3.05) is 25.1 Å². The molecule has 0 saturated carbocycles. The lowest BCUT2D eigenvalue weighted by Crippen LogP contribution is -2.25. The number of aromatic nitrogens is 4. The van der Waals surface area contributed by atoms with E-state index >= 15 is 0 Å². The first kappa shape index (κ1) is 20.5. The summed E-state index contributed by atoms with van der Waals surface area (Å²) in [7, 11) is 3.53. The summed E-state index contributed by atoms with van der Waals surface area (Å²) in [6.45, 7) is 0.654. The van der Waals surface area contributed by atoms with Crippen LogP contribution in [0.1, 0.15) is 12.1 Å². The van der Waals surface area contributed by atoms with Gasteiger partial charge < -0.3 is 9.64 Å². The lowest BCUT2D eigenvalue weighted by Gasteiger charge is -2.19. The number of rotatable bonds is 7. The fourth-order valence-electron chi connectivity index (χ4n) is 2.59. The normalized spacial score (nSPS) is 11.1. The molecule has 2 aromatic heterocycles. The van der Waals surface area contributed by atoms with Crippen LogP contribution in [-0.2, 0) is 7.05 Å². The van der Waals surface area contributed by atoms with E-state index < -0.39 is 12.1 Å². The Morgan fingerprint density at radius 2 is 1.96 bits per heavy atom. The number of benzene rings is 1. The largest absolute Gasteiger partial charge is 0.475 e. The Morgan fingerprint density at radius 3 is 2.64 bits per heavy atom. The van der Waals surface area contributed by atoms with Crippen molar-refractivity contribution in [1.82, 2.24) is 19.7 Å². The van der Waals surface area contributed by atoms with E-state index in [0.717, 1.165) is 22.1 Å². The topological polar surface area (TPSA) is 56.1 Å². The van der Waals surface area contributed by atoms with E-state index in [4.69, 9.17) is 16.3 Å². The molecule has 0 N–H and O–H groups in total.